The van der Waals surface area contributed by atoms with Crippen molar-refractivity contribution >= 4 is 0 Å². The van der Waals surface area contributed by atoms with E-state index >= 15 is 0 Å². The van der Waals surface area contributed by atoms with Gasteiger partial charge in [0.2, 0.25) is 5.75 Å². The fourth-order valence-corrected chi connectivity index (χ4v) is 9.20. The summed E-state index contributed by atoms with van der Waals surface area (Å²) in [6.45, 7) is 1.74. The van der Waals surface area contributed by atoms with Crippen molar-refractivity contribution < 1.29 is 45.2 Å². The highest BCUT2D eigenvalue weighted by Gasteiger charge is 2.44. The molecule has 10 nitrogen and oxygen atoms in total. The second-order valence-corrected chi connectivity index (χ2v) is 14.7. The number of fused-ring (bicyclic) bond motifs is 1. The topological polar surface area (TPSA) is 176 Å². The number of rotatable bonds is 11. The molecule has 0 amide bonds. The Morgan fingerprint density at radius 3 is 2.51 bits per heavy atom. The van der Waals surface area contributed by atoms with E-state index in [1.54, 1.807) is 12.3 Å². The molecule has 1 aromatic heterocycles. The van der Waals surface area contributed by atoms with Crippen molar-refractivity contribution in [1.29, 1.82) is 0 Å². The minimum absolute atomic E-state index is 0.0112. The highest BCUT2D eigenvalue weighted by Crippen LogP contribution is 2.53. The molecule has 3 aliphatic rings. The van der Waals surface area contributed by atoms with E-state index in [0.717, 1.165) is 48.8 Å². The first kappa shape index (κ1) is 35.5. The van der Waals surface area contributed by atoms with Gasteiger partial charge in [-0.15, -0.1) is 0 Å². The zero-order valence-electron chi connectivity index (χ0n) is 28.6. The van der Waals surface area contributed by atoms with Crippen LogP contribution in [0.15, 0.2) is 36.7 Å². The lowest BCUT2D eigenvalue weighted by Gasteiger charge is -2.46. The number of aliphatic hydroxyl groups is 4. The van der Waals surface area contributed by atoms with Crippen LogP contribution in [0.5, 0.6) is 23.0 Å². The Labute approximate surface area is 288 Å². The van der Waals surface area contributed by atoms with Crippen LogP contribution in [0, 0.1) is 17.8 Å². The third-order valence-electron chi connectivity index (χ3n) is 11.7. The first-order chi connectivity index (χ1) is 23.6. The number of phenolic OH excluding ortho intramolecular Hbond substituents is 2. The second kappa shape index (κ2) is 15.3. The number of hydrogen-bond donors (Lipinski definition) is 8. The van der Waals surface area contributed by atoms with Gasteiger partial charge >= 0.3 is 0 Å². The Bertz CT molecular complexity index is 1560. The smallest absolute Gasteiger partial charge is 0.201 e. The maximum Gasteiger partial charge on any atom is 0.201 e. The molecule has 2 saturated carbocycles. The molecule has 0 radical (unpaired) electrons. The maximum atomic E-state index is 11.5. The molecule has 9 atom stereocenters. The van der Waals surface area contributed by atoms with Gasteiger partial charge in [0.05, 0.1) is 38.1 Å². The zero-order valence-corrected chi connectivity index (χ0v) is 28.6. The minimum atomic E-state index is -0.668. The molecule has 2 heterocycles. The monoisotopic (exact) mass is 679 g/mol. The van der Waals surface area contributed by atoms with E-state index in [1.165, 1.54) is 7.11 Å². The van der Waals surface area contributed by atoms with Crippen LogP contribution in [0.3, 0.4) is 0 Å². The Hall–Kier alpha value is -3.28. The van der Waals surface area contributed by atoms with Crippen LogP contribution in [0.25, 0.3) is 0 Å². The molecule has 0 bridgehead atoms. The van der Waals surface area contributed by atoms with E-state index in [0.29, 0.717) is 42.7 Å². The van der Waals surface area contributed by atoms with Gasteiger partial charge in [-0.2, -0.15) is 0 Å². The van der Waals surface area contributed by atoms with Crippen LogP contribution in [-0.4, -0.2) is 72.8 Å². The molecule has 2 aliphatic carbocycles. The molecule has 8 N–H and O–H groups in total. The largest absolute Gasteiger partial charge is 0.508 e. The maximum absolute atomic E-state index is 11.5. The van der Waals surface area contributed by atoms with E-state index in [4.69, 9.17) is 9.47 Å². The summed E-state index contributed by atoms with van der Waals surface area (Å²) in [5, 5.41) is 75.4. The average Bonchev–Trinajstić information content (AvgIpc) is 3.62. The van der Waals surface area contributed by atoms with Gasteiger partial charge in [-0.25, -0.2) is 0 Å². The fraction of sp³-hybridized carbons (Fsp3) is 0.590. The second-order valence-electron chi connectivity index (χ2n) is 14.7. The van der Waals surface area contributed by atoms with Crippen molar-refractivity contribution in [1.82, 2.24) is 4.98 Å². The van der Waals surface area contributed by atoms with Crippen LogP contribution in [0.1, 0.15) is 116 Å². The highest BCUT2D eigenvalue weighted by atomic mass is 16.5. The third-order valence-corrected chi connectivity index (χ3v) is 11.7. The summed E-state index contributed by atoms with van der Waals surface area (Å²) in [6.07, 6.45) is 8.21. The summed E-state index contributed by atoms with van der Waals surface area (Å²) in [7, 11) is 1.42. The van der Waals surface area contributed by atoms with Crippen LogP contribution in [0.4, 0.5) is 0 Å². The Morgan fingerprint density at radius 2 is 1.80 bits per heavy atom. The van der Waals surface area contributed by atoms with Crippen LogP contribution in [-0.2, 0) is 17.8 Å². The predicted molar refractivity (Wildman–Crippen MR) is 184 cm³/mol. The lowest BCUT2D eigenvalue weighted by molar-refractivity contribution is -0.154. The van der Waals surface area contributed by atoms with Gasteiger partial charge < -0.3 is 50.2 Å². The number of nitrogens with one attached hydrogen (secondary N) is 1. The molecule has 6 rings (SSSR count). The first-order valence-corrected chi connectivity index (χ1v) is 18.0. The summed E-state index contributed by atoms with van der Waals surface area (Å²) in [5.41, 5.74) is 4.16. The highest BCUT2D eigenvalue weighted by molar-refractivity contribution is 5.64. The van der Waals surface area contributed by atoms with Crippen molar-refractivity contribution in [3.63, 3.8) is 0 Å². The number of ether oxygens (including phenoxy) is 2. The van der Waals surface area contributed by atoms with E-state index in [1.807, 2.05) is 18.3 Å². The summed E-state index contributed by atoms with van der Waals surface area (Å²) in [5.74, 6) is -0.00154. The van der Waals surface area contributed by atoms with E-state index in [2.05, 4.69) is 18.0 Å². The number of aromatic nitrogens is 1. The van der Waals surface area contributed by atoms with Gasteiger partial charge in [0.1, 0.15) is 5.75 Å². The predicted octanol–water partition coefficient (Wildman–Crippen LogP) is 5.65. The Morgan fingerprint density at radius 1 is 0.980 bits per heavy atom. The van der Waals surface area contributed by atoms with Gasteiger partial charge in [-0.3, -0.25) is 0 Å². The molecule has 0 spiro atoms. The molecule has 1 saturated heterocycles. The SMILES string of the molecule is COc1c(O)c(O)c(CO)c([C@@H]2C[C@H](O)[C@H]3CC[C@@H](c4ccc(O)c([C@H]5C[C@H](C)CC[C@@H]5[C@H](O)CCCO)c4)C[C@@H]3O2)c1Cc1cc[nH]c1. The van der Waals surface area contributed by atoms with Crippen molar-refractivity contribution in [2.45, 2.75) is 114 Å². The lowest BCUT2D eigenvalue weighted by Crippen LogP contribution is -2.44. The number of aromatic hydroxyl groups is 3. The van der Waals surface area contributed by atoms with Gasteiger partial charge in [0.15, 0.2) is 11.5 Å². The van der Waals surface area contributed by atoms with Gasteiger partial charge in [-0.1, -0.05) is 25.5 Å². The molecule has 49 heavy (non-hydrogen) atoms. The number of benzene rings is 2. The zero-order chi connectivity index (χ0) is 34.8. The van der Waals surface area contributed by atoms with Crippen LogP contribution >= 0.6 is 0 Å². The molecule has 268 valence electrons. The number of H-pyrrole nitrogens is 1. The number of aliphatic hydroxyl groups excluding tert-OH is 4. The molecule has 3 aromatic rings. The van der Waals surface area contributed by atoms with Crippen LogP contribution < -0.4 is 4.74 Å². The normalized spacial score (nSPS) is 29.3. The quantitative estimate of drug-likeness (QED) is 0.119. The van der Waals surface area contributed by atoms with E-state index in [-0.39, 0.29) is 59.9 Å². The molecular weight excluding hydrogens is 626 g/mol. The lowest BCUT2D eigenvalue weighted by atomic mass is 9.67. The molecular formula is C39H53NO9. The first-order valence-electron chi connectivity index (χ1n) is 18.0. The summed E-state index contributed by atoms with van der Waals surface area (Å²) >= 11 is 0. The summed E-state index contributed by atoms with van der Waals surface area (Å²) in [6, 6.07) is 7.78. The number of aromatic amines is 1. The molecule has 2 aromatic carbocycles. The standard InChI is InChI=1S/C39H53NO9/c1-21-5-8-25(31(43)4-3-13-41)27(14-21)28-16-23(7-10-32(28)44)24-6-9-26-33(45)18-35(49-34(26)17-24)36-29(15-22-11-12-40-19-22)39(48-2)38(47)37(46)30(36)20-42/h7,10-12,16,19,21,24-27,31,33-35,40-47H,3-6,8-9,13-15,17-18,20H2,1-2H3/t21-,24-,25+,26-,27+,31-,33+,34+,35+/m1/s1. The molecule has 1 aliphatic heterocycles. The van der Waals surface area contributed by atoms with Gasteiger partial charge in [-0.05, 0) is 103 Å². The van der Waals surface area contributed by atoms with Gasteiger partial charge in [0.25, 0.3) is 0 Å². The Balaban J connectivity index is 1.29. The average molecular weight is 680 g/mol. The molecule has 3 fully saturated rings. The number of methoxy groups -OCH3 is 1. The summed E-state index contributed by atoms with van der Waals surface area (Å²) in [4.78, 5) is 3.04. The minimum Gasteiger partial charge on any atom is -0.508 e. The molecule has 0 unspecified atom stereocenters. The number of hydrogen-bond acceptors (Lipinski definition) is 9. The molecule has 10 heteroatoms. The van der Waals surface area contributed by atoms with Crippen molar-refractivity contribution in [3.8, 4) is 23.0 Å². The Kier molecular flexibility index (Phi) is 11.1. The van der Waals surface area contributed by atoms with Crippen molar-refractivity contribution in [2.24, 2.45) is 17.8 Å². The summed E-state index contributed by atoms with van der Waals surface area (Å²) < 4.78 is 12.4. The number of phenols is 3. The van der Waals surface area contributed by atoms with Gasteiger partial charge in [0, 0.05) is 48.9 Å². The van der Waals surface area contributed by atoms with E-state index in [9.17, 15) is 35.7 Å². The fourth-order valence-electron chi connectivity index (χ4n) is 9.20. The third kappa shape index (κ3) is 7.17. The van der Waals surface area contributed by atoms with Crippen LogP contribution in [0.2, 0.25) is 0 Å². The van der Waals surface area contributed by atoms with Crippen molar-refractivity contribution in [2.75, 3.05) is 13.7 Å². The van der Waals surface area contributed by atoms with Crippen molar-refractivity contribution in [3.05, 3.63) is 70.0 Å². The van der Waals surface area contributed by atoms with E-state index < -0.39 is 36.4 Å².